The van der Waals surface area contributed by atoms with Crippen molar-refractivity contribution in [3.63, 3.8) is 0 Å². The largest absolute Gasteiger partial charge is 0.333 e. The Morgan fingerprint density at radius 1 is 1.43 bits per heavy atom. The molecule has 1 aliphatic rings. The van der Waals surface area contributed by atoms with E-state index in [9.17, 15) is 4.79 Å². The van der Waals surface area contributed by atoms with Gasteiger partial charge in [0, 0.05) is 30.4 Å². The number of hydrogen-bond donors (Lipinski definition) is 1. The summed E-state index contributed by atoms with van der Waals surface area (Å²) < 4.78 is 2.13. The van der Waals surface area contributed by atoms with Crippen molar-refractivity contribution in [2.45, 2.75) is 39.9 Å². The molecule has 7 heteroatoms. The quantitative estimate of drug-likeness (QED) is 0.939. The number of nitrogens with zero attached hydrogens (tertiary/aromatic N) is 4. The fourth-order valence-corrected chi connectivity index (χ4v) is 3.24. The van der Waals surface area contributed by atoms with Gasteiger partial charge in [0.25, 0.3) is 0 Å². The van der Waals surface area contributed by atoms with Gasteiger partial charge in [-0.15, -0.1) is 11.3 Å². The maximum atomic E-state index is 12.4. The molecular weight excluding hydrogens is 286 g/mol. The smallest absolute Gasteiger partial charge is 0.243 e. The highest BCUT2D eigenvalue weighted by atomic mass is 32.1. The van der Waals surface area contributed by atoms with E-state index in [1.54, 1.807) is 0 Å². The van der Waals surface area contributed by atoms with E-state index in [0.717, 1.165) is 29.5 Å². The molecule has 1 unspecified atom stereocenters. The van der Waals surface area contributed by atoms with Crippen molar-refractivity contribution < 1.29 is 4.79 Å². The van der Waals surface area contributed by atoms with Gasteiger partial charge in [-0.2, -0.15) is 0 Å². The van der Waals surface area contributed by atoms with E-state index in [1.165, 1.54) is 11.3 Å². The molecule has 3 rings (SSSR count). The average Bonchev–Trinajstić information content (AvgIpc) is 3.04. The third-order valence-corrected chi connectivity index (χ3v) is 4.95. The number of amides is 1. The molecule has 0 saturated heterocycles. The number of thiazole rings is 1. The van der Waals surface area contributed by atoms with Crippen LogP contribution in [0.2, 0.25) is 0 Å². The van der Waals surface area contributed by atoms with E-state index >= 15 is 0 Å². The van der Waals surface area contributed by atoms with Gasteiger partial charge in [0.1, 0.15) is 5.82 Å². The minimum Gasteiger partial charge on any atom is -0.333 e. The number of imidazole rings is 1. The summed E-state index contributed by atoms with van der Waals surface area (Å²) >= 11 is 1.52. The molecule has 1 atom stereocenters. The molecule has 1 N–H and O–H groups in total. The Morgan fingerprint density at radius 3 is 2.95 bits per heavy atom. The molecule has 21 heavy (non-hydrogen) atoms. The van der Waals surface area contributed by atoms with Gasteiger partial charge in [-0.1, -0.05) is 0 Å². The lowest BCUT2D eigenvalue weighted by molar-refractivity contribution is -0.121. The summed E-state index contributed by atoms with van der Waals surface area (Å²) in [7, 11) is 0. The van der Waals surface area contributed by atoms with Crippen LogP contribution in [0.3, 0.4) is 0 Å². The fraction of sp³-hybridized carbons (Fsp3) is 0.500. The lowest BCUT2D eigenvalue weighted by Crippen LogP contribution is -2.45. The first-order valence-corrected chi connectivity index (χ1v) is 7.85. The molecule has 0 aliphatic carbocycles. The van der Waals surface area contributed by atoms with Crippen LogP contribution in [0.25, 0.3) is 0 Å². The summed E-state index contributed by atoms with van der Waals surface area (Å²) in [6.45, 7) is 8.33. The molecule has 0 aromatic carbocycles. The first-order valence-electron chi connectivity index (χ1n) is 7.03. The molecule has 1 aliphatic heterocycles. The van der Waals surface area contributed by atoms with Gasteiger partial charge in [0.2, 0.25) is 5.91 Å². The summed E-state index contributed by atoms with van der Waals surface area (Å²) in [5.41, 5.74) is 0.975. The zero-order chi connectivity index (χ0) is 15.0. The summed E-state index contributed by atoms with van der Waals surface area (Å²) in [4.78, 5) is 24.3. The van der Waals surface area contributed by atoms with Crippen molar-refractivity contribution in [3.8, 4) is 0 Å². The first kappa shape index (κ1) is 14.2. The standard InChI is InChI=1S/C14H19N5OS/c1-9-11(3)21-14(16-9)17-13(20)10(2)19-7-6-18-5-4-15-12(18)8-19/h4-5,10H,6-8H2,1-3H3,(H,16,17,20). The van der Waals surface area contributed by atoms with Crippen LogP contribution in [-0.4, -0.2) is 37.9 Å². The van der Waals surface area contributed by atoms with E-state index in [0.29, 0.717) is 11.7 Å². The van der Waals surface area contributed by atoms with Gasteiger partial charge in [-0.25, -0.2) is 9.97 Å². The van der Waals surface area contributed by atoms with E-state index in [4.69, 9.17) is 0 Å². The number of aryl methyl sites for hydroxylation is 2. The van der Waals surface area contributed by atoms with Gasteiger partial charge >= 0.3 is 0 Å². The number of carbonyl (C=O) groups is 1. The van der Waals surface area contributed by atoms with Crippen LogP contribution in [0.15, 0.2) is 12.4 Å². The molecule has 3 heterocycles. The molecule has 0 radical (unpaired) electrons. The lowest BCUT2D eigenvalue weighted by atomic mass is 10.2. The Hall–Kier alpha value is -1.73. The number of hydrogen-bond acceptors (Lipinski definition) is 5. The van der Waals surface area contributed by atoms with Gasteiger partial charge in [0.05, 0.1) is 18.3 Å². The molecule has 1 amide bonds. The minimum absolute atomic E-state index is 0.0104. The zero-order valence-corrected chi connectivity index (χ0v) is 13.3. The minimum atomic E-state index is -0.194. The van der Waals surface area contributed by atoms with Gasteiger partial charge in [-0.3, -0.25) is 9.69 Å². The van der Waals surface area contributed by atoms with Gasteiger partial charge in [0.15, 0.2) is 5.13 Å². The second-order valence-corrected chi connectivity index (χ2v) is 6.54. The molecule has 0 fully saturated rings. The topological polar surface area (TPSA) is 63.1 Å². The summed E-state index contributed by atoms with van der Waals surface area (Å²) in [5, 5.41) is 3.60. The molecule has 0 bridgehead atoms. The van der Waals surface area contributed by atoms with Crippen molar-refractivity contribution in [3.05, 3.63) is 28.8 Å². The second kappa shape index (κ2) is 5.57. The van der Waals surface area contributed by atoms with Crippen molar-refractivity contribution in [2.75, 3.05) is 11.9 Å². The van der Waals surface area contributed by atoms with Gasteiger partial charge in [-0.05, 0) is 20.8 Å². The normalized spacial score (nSPS) is 16.5. The maximum absolute atomic E-state index is 12.4. The van der Waals surface area contributed by atoms with E-state index in [2.05, 4.69) is 24.8 Å². The van der Waals surface area contributed by atoms with Crippen LogP contribution in [-0.2, 0) is 17.9 Å². The van der Waals surface area contributed by atoms with Crippen LogP contribution in [0.4, 0.5) is 5.13 Å². The number of carbonyl (C=O) groups excluding carboxylic acids is 1. The highest BCUT2D eigenvalue weighted by Gasteiger charge is 2.26. The Kier molecular flexibility index (Phi) is 3.77. The average molecular weight is 305 g/mol. The number of rotatable bonds is 3. The Bertz CT molecular complexity index is 643. The van der Waals surface area contributed by atoms with E-state index in [-0.39, 0.29) is 11.9 Å². The van der Waals surface area contributed by atoms with Crippen molar-refractivity contribution >= 4 is 22.4 Å². The molecule has 112 valence electrons. The molecule has 2 aromatic rings. The molecule has 6 nitrogen and oxygen atoms in total. The number of anilines is 1. The van der Waals surface area contributed by atoms with Crippen molar-refractivity contribution in [2.24, 2.45) is 0 Å². The highest BCUT2D eigenvalue weighted by Crippen LogP contribution is 2.22. The Labute approximate surface area is 127 Å². The van der Waals surface area contributed by atoms with E-state index < -0.39 is 0 Å². The second-order valence-electron chi connectivity index (χ2n) is 5.33. The molecule has 0 spiro atoms. The summed E-state index contributed by atoms with van der Waals surface area (Å²) in [5.74, 6) is 1.01. The Morgan fingerprint density at radius 2 is 2.24 bits per heavy atom. The molecule has 0 saturated carbocycles. The Balaban J connectivity index is 1.65. The lowest BCUT2D eigenvalue weighted by Gasteiger charge is -2.31. The van der Waals surface area contributed by atoms with Crippen molar-refractivity contribution in [1.29, 1.82) is 0 Å². The fourth-order valence-electron chi connectivity index (χ4n) is 2.42. The maximum Gasteiger partial charge on any atom is 0.243 e. The van der Waals surface area contributed by atoms with Crippen LogP contribution < -0.4 is 5.32 Å². The first-order chi connectivity index (χ1) is 10.0. The summed E-state index contributed by atoms with van der Waals surface area (Å²) in [6.07, 6.45) is 3.79. The third kappa shape index (κ3) is 2.84. The SMILES string of the molecule is Cc1nc(NC(=O)C(C)N2CCn3ccnc3C2)sc1C. The number of nitrogens with one attached hydrogen (secondary N) is 1. The monoisotopic (exact) mass is 305 g/mol. The highest BCUT2D eigenvalue weighted by molar-refractivity contribution is 7.15. The molecular formula is C14H19N5OS. The summed E-state index contributed by atoms with van der Waals surface area (Å²) in [6, 6.07) is -0.194. The predicted molar refractivity (Wildman–Crippen MR) is 82.3 cm³/mol. The van der Waals surface area contributed by atoms with E-state index in [1.807, 2.05) is 33.2 Å². The molecule has 2 aromatic heterocycles. The zero-order valence-electron chi connectivity index (χ0n) is 12.5. The van der Waals surface area contributed by atoms with Crippen molar-refractivity contribution in [1.82, 2.24) is 19.4 Å². The number of fused-ring (bicyclic) bond motifs is 1. The van der Waals surface area contributed by atoms with Crippen LogP contribution in [0, 0.1) is 13.8 Å². The number of aromatic nitrogens is 3. The van der Waals surface area contributed by atoms with Gasteiger partial charge < -0.3 is 9.88 Å². The van der Waals surface area contributed by atoms with Crippen LogP contribution in [0.5, 0.6) is 0 Å². The van der Waals surface area contributed by atoms with Crippen LogP contribution in [0.1, 0.15) is 23.3 Å². The predicted octanol–water partition coefficient (Wildman–Crippen LogP) is 1.80. The third-order valence-electron chi connectivity index (χ3n) is 3.96. The van der Waals surface area contributed by atoms with Crippen LogP contribution >= 0.6 is 11.3 Å².